The molecular weight excluding hydrogens is 272 g/mol. The van der Waals surface area contributed by atoms with E-state index in [2.05, 4.69) is 43.5 Å². The van der Waals surface area contributed by atoms with Gasteiger partial charge in [0.15, 0.2) is 0 Å². The Morgan fingerprint density at radius 3 is 2.26 bits per heavy atom. The minimum Gasteiger partial charge on any atom is -0.383 e. The van der Waals surface area contributed by atoms with Gasteiger partial charge >= 0.3 is 0 Å². The van der Waals surface area contributed by atoms with Crippen LogP contribution in [-0.2, 0) is 0 Å². The number of rotatable bonds is 3. The quantitative estimate of drug-likeness (QED) is 0.705. The number of aliphatic hydroxyl groups excluding tert-OH is 1. The first kappa shape index (κ1) is 12.9. The van der Waals surface area contributed by atoms with Crippen LogP contribution in [0.15, 0.2) is 41.8 Å². The molecule has 0 radical (unpaired) electrons. The van der Waals surface area contributed by atoms with Gasteiger partial charge in [-0.05, 0) is 34.6 Å². The predicted molar refractivity (Wildman–Crippen MR) is 84.3 cm³/mol. The van der Waals surface area contributed by atoms with Gasteiger partial charge in [-0.1, -0.05) is 38.1 Å². The summed E-state index contributed by atoms with van der Waals surface area (Å²) in [6.45, 7) is 4.36. The molecule has 0 amide bonds. The molecule has 1 N–H and O–H groups in total. The van der Waals surface area contributed by atoms with Gasteiger partial charge in [0.1, 0.15) is 6.10 Å². The SMILES string of the molecule is CC(C)c1ccc(C(O)c2cc3sccc3s2)cc1. The topological polar surface area (TPSA) is 20.2 Å². The molecule has 2 aromatic heterocycles. The van der Waals surface area contributed by atoms with Gasteiger partial charge in [-0.3, -0.25) is 0 Å². The van der Waals surface area contributed by atoms with Gasteiger partial charge in [-0.2, -0.15) is 0 Å². The van der Waals surface area contributed by atoms with Gasteiger partial charge < -0.3 is 5.11 Å². The van der Waals surface area contributed by atoms with Crippen molar-refractivity contribution in [3.05, 3.63) is 57.8 Å². The fourth-order valence-corrected chi connectivity index (χ4v) is 4.28. The molecule has 3 heteroatoms. The second-order valence-corrected chi connectivity index (χ2v) is 7.08. The summed E-state index contributed by atoms with van der Waals surface area (Å²) in [6.07, 6.45) is -0.509. The average Bonchev–Trinajstić information content (AvgIpc) is 2.98. The summed E-state index contributed by atoms with van der Waals surface area (Å²) in [6, 6.07) is 12.5. The number of benzene rings is 1. The van der Waals surface area contributed by atoms with E-state index in [-0.39, 0.29) is 0 Å². The summed E-state index contributed by atoms with van der Waals surface area (Å²) in [5.41, 5.74) is 2.28. The summed E-state index contributed by atoms with van der Waals surface area (Å²) in [5, 5.41) is 12.5. The number of fused-ring (bicyclic) bond motifs is 1. The zero-order valence-electron chi connectivity index (χ0n) is 11.0. The third-order valence-corrected chi connectivity index (χ3v) is 5.49. The zero-order chi connectivity index (χ0) is 13.4. The molecule has 0 aliphatic heterocycles. The Labute approximate surface area is 121 Å². The summed E-state index contributed by atoms with van der Waals surface area (Å²) in [7, 11) is 0. The summed E-state index contributed by atoms with van der Waals surface area (Å²) < 4.78 is 2.52. The zero-order valence-corrected chi connectivity index (χ0v) is 12.6. The molecule has 3 aromatic rings. The molecule has 0 fully saturated rings. The van der Waals surface area contributed by atoms with Crippen LogP contribution in [0.1, 0.15) is 41.9 Å². The van der Waals surface area contributed by atoms with Gasteiger partial charge in [0.25, 0.3) is 0 Å². The van der Waals surface area contributed by atoms with E-state index in [1.807, 2.05) is 12.1 Å². The van der Waals surface area contributed by atoms with Crippen LogP contribution in [0.5, 0.6) is 0 Å². The van der Waals surface area contributed by atoms with Crippen molar-refractivity contribution in [2.75, 3.05) is 0 Å². The van der Waals surface area contributed by atoms with Crippen LogP contribution in [0.4, 0.5) is 0 Å². The second kappa shape index (κ2) is 5.08. The maximum absolute atomic E-state index is 10.5. The maximum Gasteiger partial charge on any atom is 0.113 e. The molecule has 19 heavy (non-hydrogen) atoms. The fourth-order valence-electron chi connectivity index (χ4n) is 2.15. The number of hydrogen-bond acceptors (Lipinski definition) is 3. The Balaban J connectivity index is 1.90. The van der Waals surface area contributed by atoms with Gasteiger partial charge in [-0.15, -0.1) is 22.7 Å². The van der Waals surface area contributed by atoms with Crippen LogP contribution in [0.2, 0.25) is 0 Å². The van der Waals surface area contributed by atoms with Crippen LogP contribution in [0.25, 0.3) is 9.40 Å². The summed E-state index contributed by atoms with van der Waals surface area (Å²) >= 11 is 3.40. The molecule has 0 bridgehead atoms. The van der Waals surface area contributed by atoms with Crippen molar-refractivity contribution in [1.29, 1.82) is 0 Å². The molecule has 1 atom stereocenters. The smallest absolute Gasteiger partial charge is 0.113 e. The lowest BCUT2D eigenvalue weighted by Crippen LogP contribution is -1.97. The van der Waals surface area contributed by atoms with E-state index in [0.29, 0.717) is 5.92 Å². The Morgan fingerprint density at radius 1 is 0.947 bits per heavy atom. The van der Waals surface area contributed by atoms with Crippen LogP contribution >= 0.6 is 22.7 Å². The lowest BCUT2D eigenvalue weighted by Gasteiger charge is -2.11. The molecule has 0 aliphatic carbocycles. The lowest BCUT2D eigenvalue weighted by molar-refractivity contribution is 0.224. The standard InChI is InChI=1S/C16H16OS2/c1-10(2)11-3-5-12(6-4-11)16(17)15-9-14-13(19-15)7-8-18-14/h3-10,16-17H,1-2H3. The molecule has 1 nitrogen and oxygen atoms in total. The number of hydrogen-bond donors (Lipinski definition) is 1. The van der Waals surface area contributed by atoms with E-state index in [9.17, 15) is 5.11 Å². The van der Waals surface area contributed by atoms with Crippen molar-refractivity contribution in [3.8, 4) is 0 Å². The van der Waals surface area contributed by atoms with Crippen LogP contribution in [-0.4, -0.2) is 5.11 Å². The predicted octanol–water partition coefficient (Wildman–Crippen LogP) is 5.17. The van der Waals surface area contributed by atoms with E-state index in [4.69, 9.17) is 0 Å². The highest BCUT2D eigenvalue weighted by Crippen LogP contribution is 2.35. The molecule has 0 saturated carbocycles. The highest BCUT2D eigenvalue weighted by molar-refractivity contribution is 7.26. The van der Waals surface area contributed by atoms with Crippen molar-refractivity contribution < 1.29 is 5.11 Å². The fraction of sp³-hybridized carbons (Fsp3) is 0.250. The van der Waals surface area contributed by atoms with Crippen molar-refractivity contribution >= 4 is 32.1 Å². The van der Waals surface area contributed by atoms with Gasteiger partial charge in [0.05, 0.1) is 0 Å². The van der Waals surface area contributed by atoms with Gasteiger partial charge in [-0.25, -0.2) is 0 Å². The van der Waals surface area contributed by atoms with Gasteiger partial charge in [0.2, 0.25) is 0 Å². The van der Waals surface area contributed by atoms with E-state index in [0.717, 1.165) is 10.4 Å². The molecule has 2 heterocycles. The average molecular weight is 288 g/mol. The Kier molecular flexibility index (Phi) is 3.44. The Hall–Kier alpha value is -1.16. The molecule has 0 aliphatic rings. The third-order valence-electron chi connectivity index (χ3n) is 3.35. The monoisotopic (exact) mass is 288 g/mol. The highest BCUT2D eigenvalue weighted by atomic mass is 32.1. The number of aliphatic hydroxyl groups is 1. The molecule has 1 unspecified atom stereocenters. The number of thiophene rings is 2. The molecular formula is C16H16OS2. The second-order valence-electron chi connectivity index (χ2n) is 5.02. The summed E-state index contributed by atoms with van der Waals surface area (Å²) in [5.74, 6) is 0.526. The third kappa shape index (κ3) is 2.46. The highest BCUT2D eigenvalue weighted by Gasteiger charge is 2.14. The normalized spacial score (nSPS) is 13.3. The molecule has 3 rings (SSSR count). The minimum absolute atomic E-state index is 0.509. The van der Waals surface area contributed by atoms with Crippen molar-refractivity contribution in [1.82, 2.24) is 0 Å². The Morgan fingerprint density at radius 2 is 1.63 bits per heavy atom. The first-order valence-electron chi connectivity index (χ1n) is 6.40. The van der Waals surface area contributed by atoms with Gasteiger partial charge in [0, 0.05) is 14.3 Å². The largest absolute Gasteiger partial charge is 0.383 e. The Bertz CT molecular complexity index is 648. The first-order chi connectivity index (χ1) is 9.15. The van der Waals surface area contributed by atoms with Crippen LogP contribution in [0.3, 0.4) is 0 Å². The molecule has 0 saturated heterocycles. The van der Waals surface area contributed by atoms with E-state index >= 15 is 0 Å². The minimum atomic E-state index is -0.509. The maximum atomic E-state index is 10.5. The molecule has 0 spiro atoms. The molecule has 98 valence electrons. The van der Waals surface area contributed by atoms with E-state index in [1.54, 1.807) is 22.7 Å². The first-order valence-corrected chi connectivity index (χ1v) is 8.09. The van der Waals surface area contributed by atoms with Crippen molar-refractivity contribution in [2.24, 2.45) is 0 Å². The van der Waals surface area contributed by atoms with Crippen molar-refractivity contribution in [2.45, 2.75) is 25.9 Å². The van der Waals surface area contributed by atoms with Crippen LogP contribution < -0.4 is 0 Å². The van der Waals surface area contributed by atoms with Crippen molar-refractivity contribution in [3.63, 3.8) is 0 Å². The summed E-state index contributed by atoms with van der Waals surface area (Å²) in [4.78, 5) is 1.03. The molecule has 1 aromatic carbocycles. The lowest BCUT2D eigenvalue weighted by atomic mass is 9.99. The van der Waals surface area contributed by atoms with Crippen LogP contribution in [0, 0.1) is 0 Å². The van der Waals surface area contributed by atoms with E-state index < -0.39 is 6.10 Å². The van der Waals surface area contributed by atoms with E-state index in [1.165, 1.54) is 15.0 Å².